The number of likely N-dealkylation sites (N-methyl/N-ethyl adjacent to an activating group) is 6. The molecule has 0 aromatic carbocycles. The number of amides is 13. The normalized spacial score (nSPS) is 14.5. The fraction of sp³-hybridized carbons (Fsp3) is 0.774. The largest absolute Gasteiger partial charge is 0.479 e. The van der Waals surface area contributed by atoms with Gasteiger partial charge in [-0.1, -0.05) is 90.0 Å². The van der Waals surface area contributed by atoms with Crippen LogP contribution < -0.4 is 26.6 Å². The lowest BCUT2D eigenvalue weighted by Crippen LogP contribution is -2.62. The van der Waals surface area contributed by atoms with Gasteiger partial charge < -0.3 is 50.9 Å². The van der Waals surface area contributed by atoms with E-state index in [-0.39, 0.29) is 55.3 Å². The summed E-state index contributed by atoms with van der Waals surface area (Å²) in [7, 11) is 9.06. The standard InChI is InChI=1S/C53H95N11O13/c1-22-35(56-53(77)64(21)49(72)41(33(12)13)62(19)47(70)38(27-31(8)9)59(16)39(65)24-23-28(2)3)46(69)63(20)42(51(74)75)50(73)61(18)37(26-30(6)7)45(68)57-40(32(10)11)48(71)60(17)36(25-29(4)5)44(67)55-34(14)43(66)58-52(76)54-15/h28-38,40-42H,22-27H2,1-21H3,(H,55,67)(H,56,77)(H,57,68)(H,74,75)(H2,54,58,66,76)/t34-,35+,36+,37+,38+,40+,41+,42?/m1/s1. The van der Waals surface area contributed by atoms with Crippen molar-refractivity contribution < 1.29 is 62.6 Å². The van der Waals surface area contributed by atoms with Crippen LogP contribution in [0.3, 0.4) is 0 Å². The fourth-order valence-corrected chi connectivity index (χ4v) is 8.51. The van der Waals surface area contributed by atoms with E-state index in [4.69, 9.17) is 0 Å². The highest BCUT2D eigenvalue weighted by Gasteiger charge is 2.44. The Morgan fingerprint density at radius 1 is 0.481 bits per heavy atom. The van der Waals surface area contributed by atoms with Gasteiger partial charge in [0, 0.05) is 55.8 Å². The maximum Gasteiger partial charge on any atom is 0.336 e. The Morgan fingerprint density at radius 3 is 1.36 bits per heavy atom. The highest BCUT2D eigenvalue weighted by molar-refractivity contribution is 6.07. The first kappa shape index (κ1) is 70.6. The zero-order valence-electron chi connectivity index (χ0n) is 49.9. The average molecular weight is 1090 g/mol. The van der Waals surface area contributed by atoms with Gasteiger partial charge in [0.15, 0.2) is 0 Å². The van der Waals surface area contributed by atoms with E-state index in [0.29, 0.717) is 22.6 Å². The molecule has 0 radical (unpaired) electrons. The van der Waals surface area contributed by atoms with Gasteiger partial charge in [0.2, 0.25) is 47.4 Å². The van der Waals surface area contributed by atoms with Gasteiger partial charge in [-0.05, 0) is 74.5 Å². The Balaban J connectivity index is 6.71. The first-order chi connectivity index (χ1) is 35.4. The van der Waals surface area contributed by atoms with E-state index in [0.717, 1.165) is 23.9 Å². The molecule has 0 aromatic rings. The zero-order valence-corrected chi connectivity index (χ0v) is 49.9. The maximum absolute atomic E-state index is 14.3. The third-order valence-electron chi connectivity index (χ3n) is 13.3. The van der Waals surface area contributed by atoms with Gasteiger partial charge in [0.1, 0.15) is 42.3 Å². The summed E-state index contributed by atoms with van der Waals surface area (Å²) < 4.78 is 0. The van der Waals surface area contributed by atoms with Crippen LogP contribution in [-0.2, 0) is 47.9 Å². The van der Waals surface area contributed by atoms with E-state index < -0.39 is 125 Å². The third-order valence-corrected chi connectivity index (χ3v) is 13.3. The number of nitrogens with one attached hydrogen (secondary N) is 5. The number of hydrogen-bond acceptors (Lipinski definition) is 12. The monoisotopic (exact) mass is 1090 g/mol. The summed E-state index contributed by atoms with van der Waals surface area (Å²) in [5.41, 5.74) is 0. The molecule has 0 fully saturated rings. The van der Waals surface area contributed by atoms with Gasteiger partial charge in [0.05, 0.1) is 0 Å². The predicted molar refractivity (Wildman–Crippen MR) is 290 cm³/mol. The van der Waals surface area contributed by atoms with E-state index in [1.807, 2.05) is 41.5 Å². The Kier molecular flexibility index (Phi) is 29.7. The topological polar surface area (TPSA) is 305 Å². The maximum atomic E-state index is 14.3. The van der Waals surface area contributed by atoms with Gasteiger partial charge in [-0.25, -0.2) is 14.4 Å². The van der Waals surface area contributed by atoms with Crippen LogP contribution in [0.25, 0.3) is 0 Å². The molecular weight excluding hydrogens is 999 g/mol. The molecule has 0 saturated heterocycles. The minimum atomic E-state index is -2.23. The van der Waals surface area contributed by atoms with Crippen molar-refractivity contribution in [2.24, 2.45) is 35.5 Å². The van der Waals surface area contributed by atoms with Crippen LogP contribution >= 0.6 is 0 Å². The van der Waals surface area contributed by atoms with Crippen molar-refractivity contribution in [1.29, 1.82) is 0 Å². The Morgan fingerprint density at radius 2 is 0.948 bits per heavy atom. The third kappa shape index (κ3) is 21.2. The van der Waals surface area contributed by atoms with E-state index >= 15 is 0 Å². The second-order valence-corrected chi connectivity index (χ2v) is 22.4. The van der Waals surface area contributed by atoms with E-state index in [2.05, 4.69) is 26.6 Å². The van der Waals surface area contributed by atoms with Crippen LogP contribution in [0.5, 0.6) is 0 Å². The molecule has 0 aliphatic rings. The Labute approximate surface area is 457 Å². The van der Waals surface area contributed by atoms with Crippen molar-refractivity contribution in [2.45, 2.75) is 184 Å². The molecule has 440 valence electrons. The molecule has 0 bridgehead atoms. The van der Waals surface area contributed by atoms with Crippen LogP contribution in [0.4, 0.5) is 9.59 Å². The molecule has 1 unspecified atom stereocenters. The average Bonchev–Trinajstić information content (AvgIpc) is 3.33. The van der Waals surface area contributed by atoms with Crippen LogP contribution in [0, 0.1) is 35.5 Å². The van der Waals surface area contributed by atoms with E-state index in [9.17, 15) is 62.6 Å². The molecule has 0 aromatic heterocycles. The smallest absolute Gasteiger partial charge is 0.336 e. The summed E-state index contributed by atoms with van der Waals surface area (Å²) in [5.74, 6) is -9.80. The molecule has 0 aliphatic carbocycles. The first-order valence-electron chi connectivity index (χ1n) is 26.7. The number of nitrogens with zero attached hydrogens (tertiary/aromatic N) is 6. The number of carbonyl (C=O) groups is 12. The van der Waals surface area contributed by atoms with Crippen molar-refractivity contribution in [2.75, 3.05) is 49.3 Å². The lowest BCUT2D eigenvalue weighted by molar-refractivity contribution is -0.160. The predicted octanol–water partition coefficient (Wildman–Crippen LogP) is 2.48. The van der Waals surface area contributed by atoms with Gasteiger partial charge >= 0.3 is 18.0 Å². The van der Waals surface area contributed by atoms with Crippen molar-refractivity contribution in [3.8, 4) is 0 Å². The van der Waals surface area contributed by atoms with Crippen molar-refractivity contribution in [3.63, 3.8) is 0 Å². The molecule has 6 N–H and O–H groups in total. The molecule has 8 atom stereocenters. The van der Waals surface area contributed by atoms with Gasteiger partial charge in [-0.2, -0.15) is 0 Å². The SMILES string of the molecule is CC[C@H](NC(=O)N(C)C(=O)[C@H](C(C)C)N(C)C(=O)[C@H](CC(C)C)N(C)C(=O)CCC(C)C)C(=O)N(C)C(C(=O)O)C(=O)N(C)[C@@H](CC(C)C)C(=O)N[C@H](C(=O)N(C)[C@@H](CC(C)C)C(=O)N[C@H](C)C(=O)NC(=O)NC)C(C)C. The summed E-state index contributed by atoms with van der Waals surface area (Å²) in [6.07, 6.45) is 1.15. The Bertz CT molecular complexity index is 2080. The second-order valence-electron chi connectivity index (χ2n) is 22.4. The minimum absolute atomic E-state index is 0.00194. The number of aliphatic carboxylic acids is 1. The van der Waals surface area contributed by atoms with E-state index in [1.54, 1.807) is 48.6 Å². The van der Waals surface area contributed by atoms with Gasteiger partial charge in [-0.15, -0.1) is 0 Å². The highest BCUT2D eigenvalue weighted by Crippen LogP contribution is 2.22. The van der Waals surface area contributed by atoms with Crippen molar-refractivity contribution >= 4 is 71.2 Å². The fourth-order valence-electron chi connectivity index (χ4n) is 8.51. The van der Waals surface area contributed by atoms with Crippen molar-refractivity contribution in [3.05, 3.63) is 0 Å². The van der Waals surface area contributed by atoms with Crippen LogP contribution in [0.2, 0.25) is 0 Å². The lowest BCUT2D eigenvalue weighted by atomic mass is 9.96. The van der Waals surface area contributed by atoms with Gasteiger partial charge in [-0.3, -0.25) is 53.4 Å². The van der Waals surface area contributed by atoms with Crippen LogP contribution in [-0.4, -0.2) is 203 Å². The van der Waals surface area contributed by atoms with Crippen molar-refractivity contribution in [1.82, 2.24) is 56.0 Å². The summed E-state index contributed by atoms with van der Waals surface area (Å²) in [4.78, 5) is 169. The molecular formula is C53H95N11O13. The zero-order chi connectivity index (χ0) is 60.3. The molecule has 0 aliphatic heterocycles. The number of hydrogen-bond donors (Lipinski definition) is 6. The summed E-state index contributed by atoms with van der Waals surface area (Å²) in [6.45, 7) is 24.5. The number of carbonyl (C=O) groups excluding carboxylic acids is 11. The molecule has 0 rings (SSSR count). The molecule has 0 saturated carbocycles. The minimum Gasteiger partial charge on any atom is -0.479 e. The first-order valence-corrected chi connectivity index (χ1v) is 26.7. The number of imide groups is 2. The quantitative estimate of drug-likeness (QED) is 0.0588. The summed E-state index contributed by atoms with van der Waals surface area (Å²) in [6, 6.07) is -12.6. The molecule has 13 amide bonds. The molecule has 24 heteroatoms. The van der Waals surface area contributed by atoms with Crippen LogP contribution in [0.1, 0.15) is 135 Å². The summed E-state index contributed by atoms with van der Waals surface area (Å²) >= 11 is 0. The lowest BCUT2D eigenvalue weighted by Gasteiger charge is -2.38. The number of rotatable bonds is 29. The molecule has 77 heavy (non-hydrogen) atoms. The second kappa shape index (κ2) is 32.4. The highest BCUT2D eigenvalue weighted by atomic mass is 16.4. The number of carboxylic acid groups (broad SMARTS) is 1. The number of urea groups is 2. The Hall–Kier alpha value is -6.36. The number of carboxylic acids is 1. The molecule has 24 nitrogen and oxygen atoms in total. The van der Waals surface area contributed by atoms with Crippen LogP contribution in [0.15, 0.2) is 0 Å². The van der Waals surface area contributed by atoms with E-state index in [1.165, 1.54) is 51.8 Å². The van der Waals surface area contributed by atoms with Gasteiger partial charge in [0.25, 0.3) is 11.8 Å². The summed E-state index contributed by atoms with van der Waals surface area (Å²) in [5, 5.41) is 22.5. The molecule has 0 heterocycles. The molecule has 0 spiro atoms.